The molecule has 2 unspecified atom stereocenters. The number of rotatable bonds is 5. The van der Waals surface area contributed by atoms with Crippen molar-refractivity contribution in [2.45, 2.75) is 32.7 Å². The molecule has 0 saturated carbocycles. The zero-order chi connectivity index (χ0) is 17.7. The van der Waals surface area contributed by atoms with Crippen molar-refractivity contribution >= 4 is 12.0 Å². The molecule has 1 heterocycles. The van der Waals surface area contributed by atoms with Crippen LogP contribution in [-0.4, -0.2) is 49.8 Å². The van der Waals surface area contributed by atoms with Gasteiger partial charge in [0, 0.05) is 19.2 Å². The minimum Gasteiger partial charge on any atom is -0.493 e. The monoisotopic (exact) mass is 341 g/mol. The zero-order valence-corrected chi connectivity index (χ0v) is 13.9. The molecule has 0 aromatic heterocycles. The van der Waals surface area contributed by atoms with Gasteiger partial charge in [0.1, 0.15) is 0 Å². The molecule has 1 fully saturated rings. The van der Waals surface area contributed by atoms with E-state index in [9.17, 15) is 13.6 Å². The van der Waals surface area contributed by atoms with Crippen LogP contribution in [0, 0.1) is 0 Å². The molecule has 1 aromatic rings. The molecular weight excluding hydrogens is 320 g/mol. The Bertz CT molecular complexity index is 596. The third kappa shape index (κ3) is 4.92. The molecule has 1 amide bonds. The number of methoxy groups -OCH3 is 1. The van der Waals surface area contributed by atoms with Crippen molar-refractivity contribution in [1.29, 1.82) is 0 Å². The van der Waals surface area contributed by atoms with Gasteiger partial charge < -0.3 is 19.1 Å². The van der Waals surface area contributed by atoms with Crippen LogP contribution in [0.5, 0.6) is 11.5 Å². The molecule has 1 aliphatic heterocycles. The van der Waals surface area contributed by atoms with E-state index in [0.717, 1.165) is 0 Å². The Labute approximate surface area is 139 Å². The van der Waals surface area contributed by atoms with Crippen molar-refractivity contribution in [3.63, 3.8) is 0 Å². The van der Waals surface area contributed by atoms with E-state index in [-0.39, 0.29) is 29.6 Å². The number of amides is 1. The van der Waals surface area contributed by atoms with Crippen LogP contribution in [0.1, 0.15) is 19.4 Å². The van der Waals surface area contributed by atoms with Crippen LogP contribution < -0.4 is 9.47 Å². The molecule has 0 aliphatic carbocycles. The summed E-state index contributed by atoms with van der Waals surface area (Å²) in [5.41, 5.74) is 0.649. The van der Waals surface area contributed by atoms with Gasteiger partial charge in [0.05, 0.1) is 19.3 Å². The molecular formula is C17H21F2NO4. The lowest BCUT2D eigenvalue weighted by Gasteiger charge is -2.34. The quantitative estimate of drug-likeness (QED) is 0.773. The van der Waals surface area contributed by atoms with E-state index in [4.69, 9.17) is 9.47 Å². The number of alkyl halides is 2. The fraction of sp³-hybridized carbons (Fsp3) is 0.471. The topological polar surface area (TPSA) is 48.0 Å². The number of nitrogens with zero attached hydrogens (tertiary/aromatic N) is 1. The lowest BCUT2D eigenvalue weighted by molar-refractivity contribution is -0.137. The number of carbonyl (C=O) groups is 1. The first kappa shape index (κ1) is 18.2. The Kier molecular flexibility index (Phi) is 6.14. The molecule has 132 valence electrons. The van der Waals surface area contributed by atoms with Gasteiger partial charge in [-0.05, 0) is 37.6 Å². The first-order chi connectivity index (χ1) is 11.4. The van der Waals surface area contributed by atoms with Crippen molar-refractivity contribution in [1.82, 2.24) is 4.90 Å². The average Bonchev–Trinajstić information content (AvgIpc) is 2.52. The van der Waals surface area contributed by atoms with Gasteiger partial charge in [0.25, 0.3) is 0 Å². The molecule has 0 bridgehead atoms. The van der Waals surface area contributed by atoms with Crippen LogP contribution in [0.3, 0.4) is 0 Å². The summed E-state index contributed by atoms with van der Waals surface area (Å²) >= 11 is 0. The third-order valence-electron chi connectivity index (χ3n) is 3.55. The SMILES string of the molecule is COc1cc(/C=C/C(=O)N2CC(C)OC(C)C2)ccc1OC(F)F. The van der Waals surface area contributed by atoms with Gasteiger partial charge in [-0.15, -0.1) is 0 Å². The summed E-state index contributed by atoms with van der Waals surface area (Å²) < 4.78 is 39.6. The lowest BCUT2D eigenvalue weighted by Crippen LogP contribution is -2.47. The van der Waals surface area contributed by atoms with Gasteiger partial charge in [-0.2, -0.15) is 8.78 Å². The third-order valence-corrected chi connectivity index (χ3v) is 3.55. The Hall–Kier alpha value is -2.15. The molecule has 0 N–H and O–H groups in total. The number of carbonyl (C=O) groups excluding carboxylic acids is 1. The second kappa shape index (κ2) is 8.10. The van der Waals surface area contributed by atoms with Gasteiger partial charge in [0.15, 0.2) is 11.5 Å². The number of halogens is 2. The summed E-state index contributed by atoms with van der Waals surface area (Å²) in [7, 11) is 1.36. The molecule has 0 radical (unpaired) electrons. The molecule has 2 atom stereocenters. The van der Waals surface area contributed by atoms with Crippen LogP contribution in [0.4, 0.5) is 8.78 Å². The fourth-order valence-electron chi connectivity index (χ4n) is 2.61. The highest BCUT2D eigenvalue weighted by molar-refractivity contribution is 5.92. The summed E-state index contributed by atoms with van der Waals surface area (Å²) in [6, 6.07) is 4.49. The minimum absolute atomic E-state index is 0.00280. The van der Waals surface area contributed by atoms with Gasteiger partial charge in [-0.25, -0.2) is 0 Å². The molecule has 2 rings (SSSR count). The number of ether oxygens (including phenoxy) is 3. The molecule has 24 heavy (non-hydrogen) atoms. The van der Waals surface area contributed by atoms with E-state index in [0.29, 0.717) is 18.7 Å². The van der Waals surface area contributed by atoms with Crippen LogP contribution in [0.15, 0.2) is 24.3 Å². The number of hydrogen-bond acceptors (Lipinski definition) is 4. The predicted octanol–water partition coefficient (Wildman–Crippen LogP) is 2.95. The molecule has 1 saturated heterocycles. The summed E-state index contributed by atoms with van der Waals surface area (Å²) in [6.07, 6.45) is 3.06. The van der Waals surface area contributed by atoms with Crippen molar-refractivity contribution in [2.24, 2.45) is 0 Å². The van der Waals surface area contributed by atoms with Crippen molar-refractivity contribution in [3.05, 3.63) is 29.8 Å². The van der Waals surface area contributed by atoms with Crippen LogP contribution >= 0.6 is 0 Å². The largest absolute Gasteiger partial charge is 0.493 e. The first-order valence-corrected chi connectivity index (χ1v) is 7.64. The average molecular weight is 341 g/mol. The van der Waals surface area contributed by atoms with Crippen molar-refractivity contribution in [2.75, 3.05) is 20.2 Å². The van der Waals surface area contributed by atoms with Crippen LogP contribution in [0.2, 0.25) is 0 Å². The fourth-order valence-corrected chi connectivity index (χ4v) is 2.61. The number of hydrogen-bond donors (Lipinski definition) is 0. The maximum absolute atomic E-state index is 12.3. The molecule has 5 nitrogen and oxygen atoms in total. The van der Waals surface area contributed by atoms with Crippen molar-refractivity contribution < 1.29 is 27.8 Å². The normalized spacial score (nSPS) is 21.3. The lowest BCUT2D eigenvalue weighted by atomic mass is 10.1. The summed E-state index contributed by atoms with van der Waals surface area (Å²) in [5, 5.41) is 0. The Balaban J connectivity index is 2.06. The maximum Gasteiger partial charge on any atom is 0.387 e. The van der Waals surface area contributed by atoms with Gasteiger partial charge in [-0.1, -0.05) is 6.07 Å². The minimum atomic E-state index is -2.92. The van der Waals surface area contributed by atoms with Gasteiger partial charge in [0.2, 0.25) is 5.91 Å². The van der Waals surface area contributed by atoms with Gasteiger partial charge in [-0.3, -0.25) is 4.79 Å². The Morgan fingerprint density at radius 2 is 1.96 bits per heavy atom. The summed E-state index contributed by atoms with van der Waals surface area (Å²) in [5.74, 6) is 0.00851. The standard InChI is InChI=1S/C17H21F2NO4/c1-11-9-20(10-12(2)23-11)16(21)7-5-13-4-6-14(24-17(18)19)15(8-13)22-3/h4-8,11-12,17H,9-10H2,1-3H3/b7-5+. The van der Waals surface area contributed by atoms with E-state index in [1.165, 1.54) is 25.3 Å². The summed E-state index contributed by atoms with van der Waals surface area (Å²) in [4.78, 5) is 14.0. The van der Waals surface area contributed by atoms with E-state index in [1.807, 2.05) is 13.8 Å². The highest BCUT2D eigenvalue weighted by atomic mass is 19.3. The second-order valence-corrected chi connectivity index (χ2v) is 5.62. The van der Waals surface area contributed by atoms with Crippen molar-refractivity contribution in [3.8, 4) is 11.5 Å². The van der Waals surface area contributed by atoms with E-state index in [1.54, 1.807) is 17.0 Å². The van der Waals surface area contributed by atoms with E-state index < -0.39 is 6.61 Å². The maximum atomic E-state index is 12.3. The van der Waals surface area contributed by atoms with Crippen LogP contribution in [-0.2, 0) is 9.53 Å². The van der Waals surface area contributed by atoms with Crippen LogP contribution in [0.25, 0.3) is 6.08 Å². The smallest absolute Gasteiger partial charge is 0.387 e. The molecule has 7 heteroatoms. The Morgan fingerprint density at radius 1 is 1.29 bits per heavy atom. The highest BCUT2D eigenvalue weighted by Crippen LogP contribution is 2.29. The van der Waals surface area contributed by atoms with E-state index in [2.05, 4.69) is 4.74 Å². The second-order valence-electron chi connectivity index (χ2n) is 5.62. The first-order valence-electron chi connectivity index (χ1n) is 7.64. The molecule has 0 spiro atoms. The molecule has 1 aliphatic rings. The zero-order valence-electron chi connectivity index (χ0n) is 13.9. The van der Waals surface area contributed by atoms with E-state index >= 15 is 0 Å². The number of benzene rings is 1. The molecule has 1 aromatic carbocycles. The Morgan fingerprint density at radius 3 is 2.54 bits per heavy atom. The van der Waals surface area contributed by atoms with Gasteiger partial charge >= 0.3 is 6.61 Å². The number of morpholine rings is 1. The predicted molar refractivity (Wildman–Crippen MR) is 85.2 cm³/mol. The highest BCUT2D eigenvalue weighted by Gasteiger charge is 2.24. The summed E-state index contributed by atoms with van der Waals surface area (Å²) in [6.45, 7) is 2.00.